The van der Waals surface area contributed by atoms with Gasteiger partial charge in [-0.2, -0.15) is 0 Å². The maximum atomic E-state index is 5.91. The van der Waals surface area contributed by atoms with E-state index in [1.54, 1.807) is 0 Å². The van der Waals surface area contributed by atoms with Crippen molar-refractivity contribution in [1.82, 2.24) is 5.32 Å². The van der Waals surface area contributed by atoms with E-state index in [1.165, 1.54) is 31.2 Å². The highest BCUT2D eigenvalue weighted by atomic mass is 16.5. The van der Waals surface area contributed by atoms with Gasteiger partial charge in [-0.25, -0.2) is 0 Å². The molecular formula is C17H27NO. The minimum Gasteiger partial charge on any atom is -0.493 e. The number of hydrogen-bond acceptors (Lipinski definition) is 2. The molecule has 0 heterocycles. The summed E-state index contributed by atoms with van der Waals surface area (Å²) in [6.45, 7) is 7.53. The summed E-state index contributed by atoms with van der Waals surface area (Å²) in [6.07, 6.45) is 6.22. The average molecular weight is 261 g/mol. The number of hydrogen-bond donors (Lipinski definition) is 1. The Hall–Kier alpha value is -1.02. The first-order chi connectivity index (χ1) is 9.28. The van der Waals surface area contributed by atoms with Crippen molar-refractivity contribution in [2.45, 2.75) is 46.0 Å². The average Bonchev–Trinajstić information content (AvgIpc) is 3.23. The lowest BCUT2D eigenvalue weighted by Crippen LogP contribution is -2.17. The van der Waals surface area contributed by atoms with Gasteiger partial charge in [0, 0.05) is 5.41 Å². The molecule has 1 aromatic carbocycles. The molecule has 0 aromatic heterocycles. The predicted octanol–water partition coefficient (Wildman–Crippen LogP) is 3.80. The molecule has 0 aliphatic heterocycles. The summed E-state index contributed by atoms with van der Waals surface area (Å²) in [4.78, 5) is 0. The zero-order valence-electron chi connectivity index (χ0n) is 12.4. The molecule has 1 aliphatic rings. The standard InChI is InChI=1S/C17H27NO/c1-3-12-18-13-9-15-5-7-16(8-6-15)19-14-17(4-2)10-11-17/h5-8,18H,3-4,9-14H2,1-2H3. The van der Waals surface area contributed by atoms with Gasteiger partial charge in [-0.15, -0.1) is 0 Å². The lowest BCUT2D eigenvalue weighted by molar-refractivity contribution is 0.229. The maximum absolute atomic E-state index is 5.91. The smallest absolute Gasteiger partial charge is 0.119 e. The Morgan fingerprint density at radius 2 is 1.84 bits per heavy atom. The largest absolute Gasteiger partial charge is 0.493 e. The molecule has 1 aromatic rings. The van der Waals surface area contributed by atoms with E-state index in [4.69, 9.17) is 4.74 Å². The third kappa shape index (κ3) is 4.54. The Morgan fingerprint density at radius 1 is 1.11 bits per heavy atom. The van der Waals surface area contributed by atoms with Crippen LogP contribution in [0.25, 0.3) is 0 Å². The molecule has 0 atom stereocenters. The van der Waals surface area contributed by atoms with Gasteiger partial charge in [-0.3, -0.25) is 0 Å². The van der Waals surface area contributed by atoms with Gasteiger partial charge in [0.1, 0.15) is 5.75 Å². The summed E-state index contributed by atoms with van der Waals surface area (Å²) in [5.41, 5.74) is 1.88. The van der Waals surface area contributed by atoms with Gasteiger partial charge >= 0.3 is 0 Å². The minimum atomic E-state index is 0.503. The Morgan fingerprint density at radius 3 is 2.42 bits per heavy atom. The van der Waals surface area contributed by atoms with Gasteiger partial charge in [0.25, 0.3) is 0 Å². The van der Waals surface area contributed by atoms with Crippen molar-refractivity contribution in [1.29, 1.82) is 0 Å². The van der Waals surface area contributed by atoms with Crippen molar-refractivity contribution < 1.29 is 4.74 Å². The van der Waals surface area contributed by atoms with Crippen LogP contribution in [0.15, 0.2) is 24.3 Å². The lowest BCUT2D eigenvalue weighted by Gasteiger charge is -2.14. The van der Waals surface area contributed by atoms with Crippen molar-refractivity contribution in [3.8, 4) is 5.75 Å². The molecule has 0 amide bonds. The van der Waals surface area contributed by atoms with Crippen LogP contribution < -0.4 is 10.1 Å². The van der Waals surface area contributed by atoms with E-state index in [9.17, 15) is 0 Å². The van der Waals surface area contributed by atoms with Crippen LogP contribution in [0.2, 0.25) is 0 Å². The first kappa shape index (κ1) is 14.4. The molecule has 0 radical (unpaired) electrons. The van der Waals surface area contributed by atoms with Crippen molar-refractivity contribution in [2.75, 3.05) is 19.7 Å². The van der Waals surface area contributed by atoms with E-state index in [1.807, 2.05) is 0 Å². The van der Waals surface area contributed by atoms with Gasteiger partial charge in [-0.1, -0.05) is 26.0 Å². The third-order valence-corrected chi connectivity index (χ3v) is 4.19. The molecule has 0 unspecified atom stereocenters. The van der Waals surface area contributed by atoms with Crippen molar-refractivity contribution in [3.63, 3.8) is 0 Å². The zero-order valence-corrected chi connectivity index (χ0v) is 12.4. The first-order valence-corrected chi connectivity index (χ1v) is 7.70. The first-order valence-electron chi connectivity index (χ1n) is 7.70. The Bertz CT molecular complexity index is 367. The fourth-order valence-corrected chi connectivity index (χ4v) is 2.30. The topological polar surface area (TPSA) is 21.3 Å². The highest BCUT2D eigenvalue weighted by Gasteiger charge is 2.41. The summed E-state index contributed by atoms with van der Waals surface area (Å²) in [6, 6.07) is 8.60. The Labute approximate surface area is 117 Å². The molecular weight excluding hydrogens is 234 g/mol. The van der Waals surface area contributed by atoms with Gasteiger partial charge in [0.2, 0.25) is 0 Å². The van der Waals surface area contributed by atoms with Crippen LogP contribution in [0.1, 0.15) is 45.1 Å². The van der Waals surface area contributed by atoms with E-state index in [0.717, 1.165) is 31.9 Å². The van der Waals surface area contributed by atoms with Gasteiger partial charge in [0.05, 0.1) is 6.61 Å². The summed E-state index contributed by atoms with van der Waals surface area (Å²) in [5, 5.41) is 3.43. The Balaban J connectivity index is 1.72. The van der Waals surface area contributed by atoms with Gasteiger partial charge in [0.15, 0.2) is 0 Å². The quantitative estimate of drug-likeness (QED) is 0.683. The van der Waals surface area contributed by atoms with E-state index in [-0.39, 0.29) is 0 Å². The predicted molar refractivity (Wildman–Crippen MR) is 80.8 cm³/mol. The maximum Gasteiger partial charge on any atom is 0.119 e. The van der Waals surface area contributed by atoms with Crippen LogP contribution in [0.3, 0.4) is 0 Å². The van der Waals surface area contributed by atoms with Crippen LogP contribution in [-0.4, -0.2) is 19.7 Å². The summed E-state index contributed by atoms with van der Waals surface area (Å²) in [7, 11) is 0. The minimum absolute atomic E-state index is 0.503. The third-order valence-electron chi connectivity index (χ3n) is 4.19. The molecule has 1 aliphatic carbocycles. The van der Waals surface area contributed by atoms with Crippen molar-refractivity contribution in [2.24, 2.45) is 5.41 Å². The molecule has 19 heavy (non-hydrogen) atoms. The van der Waals surface area contributed by atoms with Crippen LogP contribution in [0, 0.1) is 5.41 Å². The van der Waals surface area contributed by atoms with Crippen LogP contribution in [0.4, 0.5) is 0 Å². The molecule has 2 nitrogen and oxygen atoms in total. The van der Waals surface area contributed by atoms with E-state index in [0.29, 0.717) is 5.41 Å². The molecule has 1 saturated carbocycles. The highest BCUT2D eigenvalue weighted by Crippen LogP contribution is 2.48. The summed E-state index contributed by atoms with van der Waals surface area (Å²) in [5.74, 6) is 1.02. The fraction of sp³-hybridized carbons (Fsp3) is 0.647. The second-order valence-corrected chi connectivity index (χ2v) is 5.79. The van der Waals surface area contributed by atoms with Crippen molar-refractivity contribution in [3.05, 3.63) is 29.8 Å². The van der Waals surface area contributed by atoms with Gasteiger partial charge < -0.3 is 10.1 Å². The molecule has 0 bridgehead atoms. The number of rotatable bonds is 9. The second kappa shape index (κ2) is 6.95. The molecule has 0 spiro atoms. The van der Waals surface area contributed by atoms with Gasteiger partial charge in [-0.05, 0) is 62.9 Å². The monoisotopic (exact) mass is 261 g/mol. The molecule has 1 N–H and O–H groups in total. The highest BCUT2D eigenvalue weighted by molar-refractivity contribution is 5.27. The number of nitrogens with one attached hydrogen (secondary N) is 1. The summed E-state index contributed by atoms with van der Waals surface area (Å²) >= 11 is 0. The molecule has 106 valence electrons. The van der Waals surface area contributed by atoms with Crippen molar-refractivity contribution >= 4 is 0 Å². The van der Waals surface area contributed by atoms with Crippen LogP contribution >= 0.6 is 0 Å². The molecule has 2 heteroatoms. The SMILES string of the molecule is CCCNCCc1ccc(OCC2(CC)CC2)cc1. The Kier molecular flexibility index (Phi) is 5.26. The molecule has 0 saturated heterocycles. The normalized spacial score (nSPS) is 16.3. The molecule has 2 rings (SSSR count). The van der Waals surface area contributed by atoms with Crippen LogP contribution in [-0.2, 0) is 6.42 Å². The van der Waals surface area contributed by atoms with E-state index >= 15 is 0 Å². The lowest BCUT2D eigenvalue weighted by atomic mass is 10.1. The van der Waals surface area contributed by atoms with E-state index < -0.39 is 0 Å². The second-order valence-electron chi connectivity index (χ2n) is 5.79. The number of ether oxygens (including phenoxy) is 1. The molecule has 1 fully saturated rings. The fourth-order valence-electron chi connectivity index (χ4n) is 2.30. The number of benzene rings is 1. The van der Waals surface area contributed by atoms with E-state index in [2.05, 4.69) is 43.4 Å². The summed E-state index contributed by atoms with van der Waals surface area (Å²) < 4.78 is 5.91. The van der Waals surface area contributed by atoms with Crippen LogP contribution in [0.5, 0.6) is 5.75 Å². The zero-order chi connectivity index (χ0) is 13.6.